The predicted octanol–water partition coefficient (Wildman–Crippen LogP) is 3.80. The number of alkyl halides is 1. The first-order chi connectivity index (χ1) is 7.17. The van der Waals surface area contributed by atoms with Gasteiger partial charge in [0.1, 0.15) is 5.82 Å². The van der Waals surface area contributed by atoms with Crippen molar-refractivity contribution in [2.45, 2.75) is 25.6 Å². The molecule has 0 aromatic heterocycles. The highest BCUT2D eigenvalue weighted by Gasteiger charge is 2.04. The standard InChI is InChI=1S/C12H17ClFN/c1-3-4-5-15(2)12-7-10(9-13)6-11(14)8-12/h6-8H,3-5,9H2,1-2H3. The first kappa shape index (κ1) is 12.3. The maximum absolute atomic E-state index is 13.2. The quantitative estimate of drug-likeness (QED) is 0.695. The van der Waals surface area contributed by atoms with E-state index in [-0.39, 0.29) is 5.82 Å². The highest BCUT2D eigenvalue weighted by Crippen LogP contribution is 2.19. The molecular formula is C12H17ClFN. The second-order valence-electron chi connectivity index (χ2n) is 3.73. The maximum atomic E-state index is 13.2. The molecule has 84 valence electrons. The largest absolute Gasteiger partial charge is 0.375 e. The van der Waals surface area contributed by atoms with Gasteiger partial charge in [-0.3, -0.25) is 0 Å². The fourth-order valence-electron chi connectivity index (χ4n) is 1.46. The van der Waals surface area contributed by atoms with Crippen LogP contribution in [0.3, 0.4) is 0 Å². The summed E-state index contributed by atoms with van der Waals surface area (Å²) >= 11 is 5.69. The molecule has 0 saturated carbocycles. The van der Waals surface area contributed by atoms with Crippen molar-refractivity contribution < 1.29 is 4.39 Å². The number of halogens is 2. The van der Waals surface area contributed by atoms with Crippen molar-refractivity contribution in [3.63, 3.8) is 0 Å². The summed E-state index contributed by atoms with van der Waals surface area (Å²) in [5.74, 6) is 0.137. The van der Waals surface area contributed by atoms with Gasteiger partial charge in [-0.15, -0.1) is 11.6 Å². The maximum Gasteiger partial charge on any atom is 0.125 e. The SMILES string of the molecule is CCCCN(C)c1cc(F)cc(CCl)c1. The molecule has 1 rings (SSSR count). The molecule has 1 aromatic carbocycles. The molecule has 0 fully saturated rings. The molecule has 1 aromatic rings. The Bertz CT molecular complexity index is 314. The number of hydrogen-bond acceptors (Lipinski definition) is 1. The van der Waals surface area contributed by atoms with Crippen LogP contribution in [-0.4, -0.2) is 13.6 Å². The van der Waals surface area contributed by atoms with Crippen LogP contribution in [-0.2, 0) is 5.88 Å². The van der Waals surface area contributed by atoms with E-state index < -0.39 is 0 Å². The smallest absolute Gasteiger partial charge is 0.125 e. The summed E-state index contributed by atoms with van der Waals surface area (Å²) in [6.07, 6.45) is 2.26. The molecule has 15 heavy (non-hydrogen) atoms. The van der Waals surface area contributed by atoms with Crippen LogP contribution in [0.25, 0.3) is 0 Å². The van der Waals surface area contributed by atoms with E-state index in [0.717, 1.165) is 30.6 Å². The Labute approximate surface area is 95.8 Å². The Kier molecular flexibility index (Phi) is 4.89. The topological polar surface area (TPSA) is 3.24 Å². The van der Waals surface area contributed by atoms with E-state index in [0.29, 0.717) is 5.88 Å². The second-order valence-corrected chi connectivity index (χ2v) is 3.99. The number of nitrogens with zero attached hydrogens (tertiary/aromatic N) is 1. The van der Waals surface area contributed by atoms with Crippen LogP contribution in [0.2, 0.25) is 0 Å². The van der Waals surface area contributed by atoms with E-state index >= 15 is 0 Å². The summed E-state index contributed by atoms with van der Waals surface area (Å²) in [6, 6.07) is 4.96. The van der Waals surface area contributed by atoms with Gasteiger partial charge in [0.2, 0.25) is 0 Å². The van der Waals surface area contributed by atoms with E-state index in [1.54, 1.807) is 6.07 Å². The lowest BCUT2D eigenvalue weighted by atomic mass is 10.2. The number of anilines is 1. The van der Waals surface area contributed by atoms with Gasteiger partial charge in [0.05, 0.1) is 0 Å². The minimum atomic E-state index is -0.216. The zero-order valence-electron chi connectivity index (χ0n) is 9.26. The number of benzene rings is 1. The van der Waals surface area contributed by atoms with E-state index in [9.17, 15) is 4.39 Å². The minimum Gasteiger partial charge on any atom is -0.375 e. The van der Waals surface area contributed by atoms with Crippen molar-refractivity contribution in [2.24, 2.45) is 0 Å². The lowest BCUT2D eigenvalue weighted by Crippen LogP contribution is -2.18. The van der Waals surface area contributed by atoms with Crippen LogP contribution >= 0.6 is 11.6 Å². The number of hydrogen-bond donors (Lipinski definition) is 0. The zero-order chi connectivity index (χ0) is 11.3. The first-order valence-electron chi connectivity index (χ1n) is 5.24. The van der Waals surface area contributed by atoms with Crippen molar-refractivity contribution in [1.29, 1.82) is 0 Å². The number of unbranched alkanes of at least 4 members (excludes halogenated alkanes) is 1. The van der Waals surface area contributed by atoms with Gasteiger partial charge in [-0.25, -0.2) is 4.39 Å². The van der Waals surface area contributed by atoms with Gasteiger partial charge in [-0.1, -0.05) is 13.3 Å². The van der Waals surface area contributed by atoms with Gasteiger partial charge in [-0.2, -0.15) is 0 Å². The van der Waals surface area contributed by atoms with Crippen molar-refractivity contribution in [1.82, 2.24) is 0 Å². The highest BCUT2D eigenvalue weighted by atomic mass is 35.5. The van der Waals surface area contributed by atoms with Crippen LogP contribution in [0.1, 0.15) is 25.3 Å². The summed E-state index contributed by atoms with van der Waals surface area (Å²) in [4.78, 5) is 2.06. The third-order valence-corrected chi connectivity index (χ3v) is 2.69. The second kappa shape index (κ2) is 5.96. The monoisotopic (exact) mass is 229 g/mol. The molecule has 0 spiro atoms. The first-order valence-corrected chi connectivity index (χ1v) is 5.77. The summed E-state index contributed by atoms with van der Waals surface area (Å²) in [6.45, 7) is 3.09. The molecule has 0 aliphatic carbocycles. The lowest BCUT2D eigenvalue weighted by molar-refractivity contribution is 0.625. The van der Waals surface area contributed by atoms with Crippen LogP contribution in [0, 0.1) is 5.82 Å². The summed E-state index contributed by atoms with van der Waals surface area (Å²) in [7, 11) is 1.97. The molecule has 1 nitrogen and oxygen atoms in total. The van der Waals surface area contributed by atoms with Crippen LogP contribution in [0.15, 0.2) is 18.2 Å². The lowest BCUT2D eigenvalue weighted by Gasteiger charge is -2.19. The van der Waals surface area contributed by atoms with Gasteiger partial charge in [0.25, 0.3) is 0 Å². The molecule has 0 atom stereocenters. The third kappa shape index (κ3) is 3.71. The fraction of sp³-hybridized carbons (Fsp3) is 0.500. The summed E-state index contributed by atoms with van der Waals surface area (Å²) in [5, 5.41) is 0. The Hall–Kier alpha value is -0.760. The van der Waals surface area contributed by atoms with Crippen molar-refractivity contribution in [3.8, 4) is 0 Å². The van der Waals surface area contributed by atoms with Crippen molar-refractivity contribution in [3.05, 3.63) is 29.6 Å². The fourth-order valence-corrected chi connectivity index (χ4v) is 1.61. The Morgan fingerprint density at radius 1 is 1.33 bits per heavy atom. The van der Waals surface area contributed by atoms with Crippen LogP contribution in [0.5, 0.6) is 0 Å². The van der Waals surface area contributed by atoms with E-state index in [2.05, 4.69) is 11.8 Å². The summed E-state index contributed by atoms with van der Waals surface area (Å²) in [5.41, 5.74) is 1.73. The van der Waals surface area contributed by atoms with Gasteiger partial charge >= 0.3 is 0 Å². The minimum absolute atomic E-state index is 0.216. The molecule has 0 N–H and O–H groups in total. The third-order valence-electron chi connectivity index (χ3n) is 2.38. The highest BCUT2D eigenvalue weighted by molar-refractivity contribution is 6.17. The zero-order valence-corrected chi connectivity index (χ0v) is 10.0. The van der Waals surface area contributed by atoms with Crippen LogP contribution < -0.4 is 4.90 Å². The Balaban J connectivity index is 2.78. The Morgan fingerprint density at radius 3 is 2.67 bits per heavy atom. The molecule has 0 aliphatic rings. The van der Waals surface area contributed by atoms with E-state index in [1.807, 2.05) is 13.1 Å². The van der Waals surface area contributed by atoms with E-state index in [4.69, 9.17) is 11.6 Å². The van der Waals surface area contributed by atoms with Crippen LogP contribution in [0.4, 0.5) is 10.1 Å². The molecule has 0 heterocycles. The molecule has 0 unspecified atom stereocenters. The van der Waals surface area contributed by atoms with Gasteiger partial charge < -0.3 is 4.90 Å². The molecule has 0 radical (unpaired) electrons. The average Bonchev–Trinajstić information content (AvgIpc) is 2.24. The van der Waals surface area contributed by atoms with Crippen molar-refractivity contribution in [2.75, 3.05) is 18.5 Å². The van der Waals surface area contributed by atoms with Gasteiger partial charge in [0.15, 0.2) is 0 Å². The number of rotatable bonds is 5. The van der Waals surface area contributed by atoms with Gasteiger partial charge in [-0.05, 0) is 30.2 Å². The van der Waals surface area contributed by atoms with Gasteiger partial charge in [0, 0.05) is 25.2 Å². The molecule has 3 heteroatoms. The molecular weight excluding hydrogens is 213 g/mol. The molecule has 0 aliphatic heterocycles. The Morgan fingerprint density at radius 2 is 2.07 bits per heavy atom. The van der Waals surface area contributed by atoms with E-state index in [1.165, 1.54) is 6.07 Å². The average molecular weight is 230 g/mol. The molecule has 0 saturated heterocycles. The summed E-state index contributed by atoms with van der Waals surface area (Å²) < 4.78 is 13.2. The van der Waals surface area contributed by atoms with Crippen molar-refractivity contribution >= 4 is 17.3 Å². The normalized spacial score (nSPS) is 10.4. The predicted molar refractivity (Wildman–Crippen MR) is 64.1 cm³/mol. The molecule has 0 bridgehead atoms. The molecule has 0 amide bonds.